The van der Waals surface area contributed by atoms with Crippen molar-refractivity contribution in [2.45, 2.75) is 43.5 Å². The highest BCUT2D eigenvalue weighted by atomic mass is 32.2. The normalized spacial score (nSPS) is 13.3. The second kappa shape index (κ2) is 7.94. The van der Waals surface area contributed by atoms with Gasteiger partial charge in [0.2, 0.25) is 0 Å². The van der Waals surface area contributed by atoms with Gasteiger partial charge in [-0.1, -0.05) is 11.8 Å². The van der Waals surface area contributed by atoms with Gasteiger partial charge in [0.15, 0.2) is 0 Å². The predicted octanol–water partition coefficient (Wildman–Crippen LogP) is 2.21. The number of esters is 2. The molecule has 0 aliphatic carbocycles. The molecule has 0 bridgehead atoms. The van der Waals surface area contributed by atoms with Crippen molar-refractivity contribution >= 4 is 23.7 Å². The number of thioether (sulfide) groups is 1. The zero-order chi connectivity index (χ0) is 18.7. The largest absolute Gasteiger partial charge is 0.465 e. The summed E-state index contributed by atoms with van der Waals surface area (Å²) < 4.78 is 13.6. The van der Waals surface area contributed by atoms with Gasteiger partial charge in [0.25, 0.3) is 0 Å². The van der Waals surface area contributed by atoms with Crippen LogP contribution in [-0.2, 0) is 35.2 Å². The molecule has 0 amide bonds. The number of aromatic nitrogens is 4. The second-order valence-electron chi connectivity index (χ2n) is 5.94. The van der Waals surface area contributed by atoms with Crippen LogP contribution in [0.15, 0.2) is 11.2 Å². The van der Waals surface area contributed by atoms with Crippen molar-refractivity contribution in [3.8, 4) is 0 Å². The average molecular weight is 378 g/mol. The number of carbonyl (C=O) groups is 2. The molecule has 0 fully saturated rings. The molecule has 0 spiro atoms. The molecule has 26 heavy (non-hydrogen) atoms. The maximum absolute atomic E-state index is 12.3. The summed E-state index contributed by atoms with van der Waals surface area (Å²) in [6.45, 7) is 2.88. The fourth-order valence-corrected chi connectivity index (χ4v) is 4.07. The Balaban J connectivity index is 1.87. The van der Waals surface area contributed by atoms with E-state index in [9.17, 15) is 9.59 Å². The van der Waals surface area contributed by atoms with Gasteiger partial charge in [-0.15, -0.1) is 0 Å². The van der Waals surface area contributed by atoms with E-state index in [4.69, 9.17) is 9.47 Å². The SMILES string of the molecule is CCOC(=O)c1cnn(C)c1SCc1nn2c(c1C(=O)OC)CCCC2. The number of nitrogens with zero attached hydrogens (tertiary/aromatic N) is 4. The van der Waals surface area contributed by atoms with Gasteiger partial charge in [-0.3, -0.25) is 9.36 Å². The van der Waals surface area contributed by atoms with Gasteiger partial charge in [0.05, 0.1) is 31.3 Å². The molecule has 1 aliphatic rings. The molecular formula is C17H22N4O4S. The van der Waals surface area contributed by atoms with Crippen molar-refractivity contribution in [3.05, 3.63) is 28.7 Å². The Morgan fingerprint density at radius 2 is 2.12 bits per heavy atom. The summed E-state index contributed by atoms with van der Waals surface area (Å²) in [5.74, 6) is -0.323. The maximum atomic E-state index is 12.3. The Morgan fingerprint density at radius 1 is 1.31 bits per heavy atom. The minimum absolute atomic E-state index is 0.304. The summed E-state index contributed by atoms with van der Waals surface area (Å²) in [6, 6.07) is 0. The van der Waals surface area contributed by atoms with Crippen molar-refractivity contribution in [2.24, 2.45) is 7.05 Å². The van der Waals surface area contributed by atoms with Crippen LogP contribution in [0.5, 0.6) is 0 Å². The number of rotatable bonds is 6. The number of hydrogen-bond donors (Lipinski definition) is 0. The van der Waals surface area contributed by atoms with Gasteiger partial charge in [-0.05, 0) is 26.2 Å². The van der Waals surface area contributed by atoms with Gasteiger partial charge in [0, 0.05) is 19.3 Å². The zero-order valence-electron chi connectivity index (χ0n) is 15.2. The summed E-state index contributed by atoms with van der Waals surface area (Å²) in [4.78, 5) is 24.4. The molecule has 9 heteroatoms. The Hall–Kier alpha value is -2.29. The Bertz CT molecular complexity index is 827. The third-order valence-corrected chi connectivity index (χ3v) is 5.45. The Morgan fingerprint density at radius 3 is 2.85 bits per heavy atom. The van der Waals surface area contributed by atoms with Crippen LogP contribution in [-0.4, -0.2) is 45.2 Å². The molecule has 0 radical (unpaired) electrons. The van der Waals surface area contributed by atoms with Crippen molar-refractivity contribution in [1.82, 2.24) is 19.6 Å². The summed E-state index contributed by atoms with van der Waals surface area (Å²) in [7, 11) is 3.15. The highest BCUT2D eigenvalue weighted by Crippen LogP contribution is 2.30. The fourth-order valence-electron chi connectivity index (χ4n) is 3.07. The first-order chi connectivity index (χ1) is 12.6. The van der Waals surface area contributed by atoms with Gasteiger partial charge in [0.1, 0.15) is 16.2 Å². The molecule has 3 heterocycles. The standard InChI is InChI=1S/C17H22N4O4S/c1-4-25-16(22)11-9-18-20(2)15(11)26-10-12-14(17(23)24-3)13-7-5-6-8-21(13)19-12/h9H,4-8,10H2,1-3H3. The number of fused-ring (bicyclic) bond motifs is 1. The number of ether oxygens (including phenoxy) is 2. The van der Waals surface area contributed by atoms with E-state index < -0.39 is 5.97 Å². The molecule has 0 atom stereocenters. The lowest BCUT2D eigenvalue weighted by Crippen LogP contribution is -2.14. The van der Waals surface area contributed by atoms with Crippen molar-refractivity contribution in [1.29, 1.82) is 0 Å². The number of methoxy groups -OCH3 is 1. The second-order valence-corrected chi connectivity index (χ2v) is 6.90. The number of carbonyl (C=O) groups excluding carboxylic acids is 2. The Kier molecular flexibility index (Phi) is 5.65. The first-order valence-electron chi connectivity index (χ1n) is 8.55. The zero-order valence-corrected chi connectivity index (χ0v) is 16.0. The molecule has 0 N–H and O–H groups in total. The van der Waals surface area contributed by atoms with Crippen LogP contribution in [0.25, 0.3) is 0 Å². The topological polar surface area (TPSA) is 88.2 Å². The molecule has 8 nitrogen and oxygen atoms in total. The Labute approximate surface area is 155 Å². The van der Waals surface area contributed by atoms with Crippen LogP contribution in [0, 0.1) is 0 Å². The minimum atomic E-state index is -0.402. The van der Waals surface area contributed by atoms with Crippen LogP contribution in [0.1, 0.15) is 51.9 Å². The molecule has 2 aromatic heterocycles. The monoisotopic (exact) mass is 378 g/mol. The van der Waals surface area contributed by atoms with Gasteiger partial charge in [-0.25, -0.2) is 9.59 Å². The first kappa shape index (κ1) is 18.5. The third-order valence-electron chi connectivity index (χ3n) is 4.28. The summed E-state index contributed by atoms with van der Waals surface area (Å²) in [5.41, 5.74) is 2.59. The van der Waals surface area contributed by atoms with E-state index in [1.165, 1.54) is 25.1 Å². The third kappa shape index (κ3) is 3.48. The predicted molar refractivity (Wildman–Crippen MR) is 95.2 cm³/mol. The van der Waals surface area contributed by atoms with Crippen molar-refractivity contribution in [2.75, 3.05) is 13.7 Å². The van der Waals surface area contributed by atoms with E-state index in [0.717, 1.165) is 31.5 Å². The van der Waals surface area contributed by atoms with E-state index in [-0.39, 0.29) is 5.97 Å². The molecule has 0 saturated carbocycles. The van der Waals surface area contributed by atoms with Crippen LogP contribution >= 0.6 is 11.8 Å². The van der Waals surface area contributed by atoms with Crippen LogP contribution < -0.4 is 0 Å². The molecule has 2 aromatic rings. The van der Waals surface area contributed by atoms with E-state index in [2.05, 4.69) is 10.2 Å². The highest BCUT2D eigenvalue weighted by molar-refractivity contribution is 7.98. The smallest absolute Gasteiger partial charge is 0.342 e. The van der Waals surface area contributed by atoms with Crippen molar-refractivity contribution < 1.29 is 19.1 Å². The molecule has 1 aliphatic heterocycles. The summed E-state index contributed by atoms with van der Waals surface area (Å²) >= 11 is 1.41. The average Bonchev–Trinajstić information content (AvgIpc) is 3.19. The van der Waals surface area contributed by atoms with Crippen LogP contribution in [0.4, 0.5) is 0 Å². The van der Waals surface area contributed by atoms with Gasteiger partial charge in [-0.2, -0.15) is 10.2 Å². The lowest BCUT2D eigenvalue weighted by molar-refractivity contribution is 0.0520. The van der Waals surface area contributed by atoms with Gasteiger partial charge < -0.3 is 9.47 Å². The molecular weight excluding hydrogens is 356 g/mol. The molecule has 0 aromatic carbocycles. The van der Waals surface area contributed by atoms with E-state index >= 15 is 0 Å². The molecule has 0 saturated heterocycles. The lowest BCUT2D eigenvalue weighted by Gasteiger charge is -2.13. The molecule has 0 unspecified atom stereocenters. The molecule has 3 rings (SSSR count). The van der Waals surface area contributed by atoms with E-state index in [0.29, 0.717) is 34.2 Å². The summed E-state index contributed by atoms with van der Waals surface area (Å²) in [5, 5.41) is 9.44. The van der Waals surface area contributed by atoms with E-state index in [1.807, 2.05) is 4.68 Å². The quantitative estimate of drug-likeness (QED) is 0.562. The first-order valence-corrected chi connectivity index (χ1v) is 9.54. The van der Waals surface area contributed by atoms with E-state index in [1.54, 1.807) is 18.7 Å². The van der Waals surface area contributed by atoms with Crippen LogP contribution in [0.2, 0.25) is 0 Å². The maximum Gasteiger partial charge on any atom is 0.342 e. The van der Waals surface area contributed by atoms with Crippen molar-refractivity contribution in [3.63, 3.8) is 0 Å². The number of hydrogen-bond acceptors (Lipinski definition) is 7. The molecule has 140 valence electrons. The van der Waals surface area contributed by atoms with Crippen LogP contribution in [0.3, 0.4) is 0 Å². The lowest BCUT2D eigenvalue weighted by atomic mass is 10.1. The number of aryl methyl sites for hydroxylation is 2. The minimum Gasteiger partial charge on any atom is -0.465 e. The summed E-state index contributed by atoms with van der Waals surface area (Å²) in [6.07, 6.45) is 4.41. The van der Waals surface area contributed by atoms with Gasteiger partial charge >= 0.3 is 11.9 Å². The highest BCUT2D eigenvalue weighted by Gasteiger charge is 2.27. The fraction of sp³-hybridized carbons (Fsp3) is 0.529.